The van der Waals surface area contributed by atoms with Crippen LogP contribution in [0.4, 0.5) is 0 Å². The molecule has 0 saturated carbocycles. The summed E-state index contributed by atoms with van der Waals surface area (Å²) in [5.74, 6) is -1.10. The third-order valence-electron chi connectivity index (χ3n) is 8.34. The molecule has 4 rings (SSSR count). The smallest absolute Gasteiger partial charge is 0.261 e. The molecule has 1 unspecified atom stereocenters. The van der Waals surface area contributed by atoms with Crippen LogP contribution in [0.2, 0.25) is 0 Å². The monoisotopic (exact) mass is 530 g/mol. The molecule has 2 aromatic rings. The first-order valence-electron chi connectivity index (χ1n) is 14.9. The fourth-order valence-electron chi connectivity index (χ4n) is 5.96. The Morgan fingerprint density at radius 3 is 1.59 bits per heavy atom. The van der Waals surface area contributed by atoms with Crippen molar-refractivity contribution in [1.82, 2.24) is 9.80 Å². The fraction of sp³-hybridized carbons (Fsp3) is 0.515. The molecule has 208 valence electrons. The van der Waals surface area contributed by atoms with Crippen molar-refractivity contribution in [2.45, 2.75) is 90.9 Å². The predicted octanol–water partition coefficient (Wildman–Crippen LogP) is 7.56. The van der Waals surface area contributed by atoms with E-state index in [1.165, 1.54) is 29.1 Å². The molecule has 6 nitrogen and oxygen atoms in total. The van der Waals surface area contributed by atoms with Crippen LogP contribution >= 0.6 is 0 Å². The van der Waals surface area contributed by atoms with E-state index in [0.29, 0.717) is 46.1 Å². The highest BCUT2D eigenvalue weighted by atomic mass is 16.2. The van der Waals surface area contributed by atoms with E-state index in [1.807, 2.05) is 6.08 Å². The summed E-state index contributed by atoms with van der Waals surface area (Å²) >= 11 is 0. The van der Waals surface area contributed by atoms with Crippen LogP contribution in [0.5, 0.6) is 0 Å². The number of hydrogen-bond acceptors (Lipinski definition) is 4. The summed E-state index contributed by atoms with van der Waals surface area (Å²) in [6.07, 6.45) is 14.6. The summed E-state index contributed by atoms with van der Waals surface area (Å²) in [5.41, 5.74) is 1.60. The molecule has 2 aromatic carbocycles. The Morgan fingerprint density at radius 1 is 0.667 bits per heavy atom. The number of imide groups is 2. The highest BCUT2D eigenvalue weighted by molar-refractivity contribution is 6.33. The number of amides is 4. The van der Waals surface area contributed by atoms with Gasteiger partial charge in [0.2, 0.25) is 0 Å². The maximum atomic E-state index is 13.5. The molecule has 0 radical (unpaired) electrons. The Balaban J connectivity index is 1.50. The Morgan fingerprint density at radius 2 is 1.13 bits per heavy atom. The van der Waals surface area contributed by atoms with Crippen molar-refractivity contribution in [2.75, 3.05) is 13.1 Å². The second-order valence-electron chi connectivity index (χ2n) is 11.0. The van der Waals surface area contributed by atoms with E-state index >= 15 is 0 Å². The molecule has 0 spiro atoms. The van der Waals surface area contributed by atoms with Gasteiger partial charge < -0.3 is 0 Å². The van der Waals surface area contributed by atoms with Gasteiger partial charge in [-0.1, -0.05) is 71.3 Å². The molecule has 6 heteroatoms. The highest BCUT2D eigenvalue weighted by Crippen LogP contribution is 2.38. The van der Waals surface area contributed by atoms with Gasteiger partial charge in [-0.05, 0) is 55.9 Å². The average molecular weight is 531 g/mol. The zero-order valence-corrected chi connectivity index (χ0v) is 23.6. The summed E-state index contributed by atoms with van der Waals surface area (Å²) < 4.78 is 0. The van der Waals surface area contributed by atoms with E-state index in [2.05, 4.69) is 20.4 Å². The Hall–Kier alpha value is -3.28. The maximum Gasteiger partial charge on any atom is 0.261 e. The number of carbonyl (C=O) groups is 4. The molecule has 0 aliphatic carbocycles. The molecular formula is C33H42N2O4. The van der Waals surface area contributed by atoms with Crippen molar-refractivity contribution in [1.29, 1.82) is 0 Å². The van der Waals surface area contributed by atoms with Gasteiger partial charge in [-0.15, -0.1) is 6.58 Å². The Bertz CT molecular complexity index is 1190. The molecule has 2 aliphatic heterocycles. The largest absolute Gasteiger partial charge is 0.274 e. The van der Waals surface area contributed by atoms with Crippen LogP contribution in [0.1, 0.15) is 132 Å². The van der Waals surface area contributed by atoms with Gasteiger partial charge in [0, 0.05) is 46.1 Å². The van der Waals surface area contributed by atoms with Gasteiger partial charge in [0.25, 0.3) is 23.6 Å². The first kappa shape index (κ1) is 28.7. The van der Waals surface area contributed by atoms with Crippen molar-refractivity contribution < 1.29 is 19.2 Å². The molecule has 4 amide bonds. The molecular weight excluding hydrogens is 488 g/mol. The number of carbonyl (C=O) groups excluding carboxylic acids is 4. The summed E-state index contributed by atoms with van der Waals surface area (Å²) in [4.78, 5) is 56.6. The van der Waals surface area contributed by atoms with E-state index in [-0.39, 0.29) is 29.5 Å². The normalized spacial score (nSPS) is 15.4. The molecule has 0 saturated heterocycles. The number of rotatable bonds is 16. The predicted molar refractivity (Wildman–Crippen MR) is 155 cm³/mol. The summed E-state index contributed by atoms with van der Waals surface area (Å²) in [7, 11) is 0. The van der Waals surface area contributed by atoms with Crippen LogP contribution in [0.25, 0.3) is 10.8 Å². The van der Waals surface area contributed by atoms with Crippen molar-refractivity contribution in [3.63, 3.8) is 0 Å². The minimum Gasteiger partial charge on any atom is -0.274 e. The van der Waals surface area contributed by atoms with E-state index < -0.39 is 0 Å². The quantitative estimate of drug-likeness (QED) is 0.128. The average Bonchev–Trinajstić information content (AvgIpc) is 2.95. The lowest BCUT2D eigenvalue weighted by atomic mass is 9.85. The minimum absolute atomic E-state index is 0.251. The van der Waals surface area contributed by atoms with Crippen molar-refractivity contribution in [3.8, 4) is 0 Å². The van der Waals surface area contributed by atoms with Gasteiger partial charge in [-0.25, -0.2) is 0 Å². The number of benzene rings is 2. The van der Waals surface area contributed by atoms with E-state index in [1.54, 1.807) is 24.3 Å². The summed E-state index contributed by atoms with van der Waals surface area (Å²) in [6, 6.07) is 6.66. The number of hydrogen-bond donors (Lipinski definition) is 0. The van der Waals surface area contributed by atoms with Crippen LogP contribution in [0.3, 0.4) is 0 Å². The Labute approximate surface area is 232 Å². The van der Waals surface area contributed by atoms with Crippen LogP contribution in [-0.2, 0) is 0 Å². The third-order valence-corrected chi connectivity index (χ3v) is 8.34. The SMILES string of the molecule is C=CCCCCCCCCCN1C(=O)c2ccc3c4c(ccc(c24)C1=O)C(=O)N(CC(CC)CCCC)C3=O. The number of unbranched alkanes of at least 4 members (excludes halogenated alkanes) is 8. The number of nitrogens with zero attached hydrogens (tertiary/aromatic N) is 2. The van der Waals surface area contributed by atoms with Crippen molar-refractivity contribution >= 4 is 34.4 Å². The van der Waals surface area contributed by atoms with Crippen LogP contribution in [0, 0.1) is 5.92 Å². The fourth-order valence-corrected chi connectivity index (χ4v) is 5.96. The molecule has 0 N–H and O–H groups in total. The zero-order chi connectivity index (χ0) is 27.9. The topological polar surface area (TPSA) is 74.8 Å². The third kappa shape index (κ3) is 5.85. The van der Waals surface area contributed by atoms with E-state index in [9.17, 15) is 19.2 Å². The van der Waals surface area contributed by atoms with Gasteiger partial charge in [-0.3, -0.25) is 29.0 Å². The van der Waals surface area contributed by atoms with Crippen molar-refractivity contribution in [2.24, 2.45) is 5.92 Å². The van der Waals surface area contributed by atoms with Crippen molar-refractivity contribution in [3.05, 3.63) is 59.2 Å². The minimum atomic E-state index is -0.339. The van der Waals surface area contributed by atoms with Gasteiger partial charge in [0.1, 0.15) is 0 Å². The maximum absolute atomic E-state index is 13.5. The molecule has 39 heavy (non-hydrogen) atoms. The lowest BCUT2D eigenvalue weighted by Crippen LogP contribution is -2.44. The van der Waals surface area contributed by atoms with Gasteiger partial charge >= 0.3 is 0 Å². The first-order chi connectivity index (χ1) is 18.9. The van der Waals surface area contributed by atoms with Crippen LogP contribution < -0.4 is 0 Å². The second kappa shape index (κ2) is 13.2. The lowest BCUT2D eigenvalue weighted by molar-refractivity contribution is 0.0568. The molecule has 0 aromatic heterocycles. The van der Waals surface area contributed by atoms with E-state index in [4.69, 9.17) is 0 Å². The molecule has 2 heterocycles. The second-order valence-corrected chi connectivity index (χ2v) is 11.0. The standard InChI is InChI=1S/C33H42N2O4/c1-4-7-9-10-11-12-13-14-15-21-34-30(36)24-17-19-26-29-27(20-18-25(28(24)29)31(34)37)33(39)35(32(26)38)22-23(6-3)16-8-5-2/h4,17-20,23H,1,5-16,21-22H2,2-3H3. The lowest BCUT2D eigenvalue weighted by Gasteiger charge is -2.33. The van der Waals surface area contributed by atoms with Crippen LogP contribution in [0.15, 0.2) is 36.9 Å². The first-order valence-corrected chi connectivity index (χ1v) is 14.9. The van der Waals surface area contributed by atoms with Gasteiger partial charge in [0.15, 0.2) is 0 Å². The zero-order valence-electron chi connectivity index (χ0n) is 23.6. The Kier molecular flexibility index (Phi) is 9.71. The van der Waals surface area contributed by atoms with Gasteiger partial charge in [-0.2, -0.15) is 0 Å². The summed E-state index contributed by atoms with van der Waals surface area (Å²) in [6.45, 7) is 8.75. The molecule has 0 fully saturated rings. The number of allylic oxidation sites excluding steroid dienone is 1. The van der Waals surface area contributed by atoms with E-state index in [0.717, 1.165) is 57.8 Å². The molecule has 0 bridgehead atoms. The highest BCUT2D eigenvalue weighted by Gasteiger charge is 2.39. The molecule has 2 aliphatic rings. The summed E-state index contributed by atoms with van der Waals surface area (Å²) in [5, 5.41) is 0.908. The molecule has 1 atom stereocenters. The van der Waals surface area contributed by atoms with Crippen LogP contribution in [-0.4, -0.2) is 46.5 Å². The van der Waals surface area contributed by atoms with Gasteiger partial charge in [0.05, 0.1) is 0 Å².